The number of pyridine rings is 1. The fraction of sp³-hybridized carbons (Fsp3) is 0.286. The lowest BCUT2D eigenvalue weighted by atomic mass is 10.2. The zero-order valence-corrected chi connectivity index (χ0v) is 7.42. The fourth-order valence-corrected chi connectivity index (χ4v) is 0.935. The molecule has 9 heavy (non-hydrogen) atoms. The first-order valence-corrected chi connectivity index (χ1v) is 4.01. The smallest absolute Gasteiger partial charge is 0.101 e. The number of aryl methyl sites for hydroxylation is 1. The zero-order valence-electron chi connectivity index (χ0n) is 5.26. The molecule has 0 aliphatic carbocycles. The minimum Gasteiger partial charge on any atom is -0.250 e. The van der Waals surface area contributed by atoms with Crippen molar-refractivity contribution in [2.45, 2.75) is 13.3 Å². The van der Waals surface area contributed by atoms with Crippen LogP contribution in [0.1, 0.15) is 12.5 Å². The Kier molecular flexibility index (Phi) is 2.45. The molecule has 0 aliphatic heterocycles. The number of halogens is 1. The summed E-state index contributed by atoms with van der Waals surface area (Å²) in [6.07, 6.45) is 2.99. The molecule has 1 heterocycles. The molecule has 2 heteroatoms. The van der Waals surface area contributed by atoms with Gasteiger partial charge in [0.1, 0.15) is 3.70 Å². The lowest BCUT2D eigenvalue weighted by Crippen LogP contribution is -1.82. The third kappa shape index (κ3) is 1.93. The predicted molar refractivity (Wildman–Crippen MR) is 46.3 cm³/mol. The summed E-state index contributed by atoms with van der Waals surface area (Å²) in [7, 11) is 0. The van der Waals surface area contributed by atoms with Crippen molar-refractivity contribution in [2.75, 3.05) is 0 Å². The number of hydrogen-bond acceptors (Lipinski definition) is 1. The van der Waals surface area contributed by atoms with E-state index in [1.165, 1.54) is 5.56 Å². The maximum absolute atomic E-state index is 4.14. The van der Waals surface area contributed by atoms with Gasteiger partial charge in [0.2, 0.25) is 0 Å². The van der Waals surface area contributed by atoms with Gasteiger partial charge in [-0.25, -0.2) is 0 Å². The van der Waals surface area contributed by atoms with Crippen LogP contribution in [0.2, 0.25) is 0 Å². The summed E-state index contributed by atoms with van der Waals surface area (Å²) in [4.78, 5) is 4.14. The van der Waals surface area contributed by atoms with Gasteiger partial charge >= 0.3 is 0 Å². The Labute approximate surface area is 68.6 Å². The number of rotatable bonds is 1. The van der Waals surface area contributed by atoms with Crippen LogP contribution in [0.4, 0.5) is 0 Å². The van der Waals surface area contributed by atoms with Crippen molar-refractivity contribution >= 4 is 22.6 Å². The van der Waals surface area contributed by atoms with Gasteiger partial charge in [0.15, 0.2) is 0 Å². The van der Waals surface area contributed by atoms with Gasteiger partial charge in [-0.1, -0.05) is 13.0 Å². The normalized spacial score (nSPS) is 9.56. The highest BCUT2D eigenvalue weighted by atomic mass is 127. The molecule has 0 unspecified atom stereocenters. The van der Waals surface area contributed by atoms with Gasteiger partial charge in [-0.05, 0) is 40.6 Å². The van der Waals surface area contributed by atoms with Crippen LogP contribution in [0.5, 0.6) is 0 Å². The molecule has 0 saturated heterocycles. The Morgan fingerprint density at radius 1 is 1.56 bits per heavy atom. The predicted octanol–water partition coefficient (Wildman–Crippen LogP) is 2.25. The molecular weight excluding hydrogens is 225 g/mol. The average Bonchev–Trinajstić information content (AvgIpc) is 1.90. The second-order valence-electron chi connectivity index (χ2n) is 1.84. The van der Waals surface area contributed by atoms with Gasteiger partial charge in [0.25, 0.3) is 0 Å². The van der Waals surface area contributed by atoms with E-state index in [9.17, 15) is 0 Å². The molecule has 0 fully saturated rings. The third-order valence-electron chi connectivity index (χ3n) is 1.20. The molecule has 0 aromatic carbocycles. The van der Waals surface area contributed by atoms with Crippen LogP contribution in [0.25, 0.3) is 0 Å². The molecule has 48 valence electrons. The number of aromatic nitrogens is 1. The standard InChI is InChI=1S/C7H8IN/c1-2-6-3-4-7(8)9-5-6/h3-5H,2H2,1H3. The lowest BCUT2D eigenvalue weighted by molar-refractivity contribution is 1.09. The van der Waals surface area contributed by atoms with Gasteiger partial charge < -0.3 is 0 Å². The Morgan fingerprint density at radius 3 is 2.78 bits per heavy atom. The second-order valence-corrected chi connectivity index (χ2v) is 2.95. The Balaban J connectivity index is 2.88. The van der Waals surface area contributed by atoms with Crippen LogP contribution in [0.3, 0.4) is 0 Å². The van der Waals surface area contributed by atoms with E-state index >= 15 is 0 Å². The van der Waals surface area contributed by atoms with Crippen LogP contribution >= 0.6 is 22.6 Å². The Hall–Kier alpha value is -0.120. The van der Waals surface area contributed by atoms with Gasteiger partial charge in [-0.3, -0.25) is 4.98 Å². The molecule has 0 bridgehead atoms. The molecule has 1 rings (SSSR count). The number of nitrogens with zero attached hydrogens (tertiary/aromatic N) is 1. The molecule has 0 saturated carbocycles. The van der Waals surface area contributed by atoms with Crippen molar-refractivity contribution in [3.8, 4) is 0 Å². The molecule has 0 radical (unpaired) electrons. The van der Waals surface area contributed by atoms with Crippen molar-refractivity contribution in [3.63, 3.8) is 0 Å². The average molecular weight is 233 g/mol. The van der Waals surface area contributed by atoms with Crippen LogP contribution in [0.15, 0.2) is 18.3 Å². The highest BCUT2D eigenvalue weighted by Crippen LogP contribution is 2.02. The fourth-order valence-electron chi connectivity index (χ4n) is 0.616. The summed E-state index contributed by atoms with van der Waals surface area (Å²) in [6.45, 7) is 2.13. The first kappa shape index (κ1) is 6.99. The highest BCUT2D eigenvalue weighted by molar-refractivity contribution is 14.1. The van der Waals surface area contributed by atoms with Gasteiger partial charge in [0, 0.05) is 6.20 Å². The van der Waals surface area contributed by atoms with Crippen LogP contribution in [-0.4, -0.2) is 4.98 Å². The topological polar surface area (TPSA) is 12.9 Å². The zero-order chi connectivity index (χ0) is 6.69. The van der Waals surface area contributed by atoms with Crippen molar-refractivity contribution < 1.29 is 0 Å². The van der Waals surface area contributed by atoms with Crippen LogP contribution < -0.4 is 0 Å². The van der Waals surface area contributed by atoms with E-state index in [0.717, 1.165) is 10.1 Å². The molecule has 1 aromatic heterocycles. The molecule has 0 spiro atoms. The molecule has 0 atom stereocenters. The van der Waals surface area contributed by atoms with Crippen molar-refractivity contribution in [3.05, 3.63) is 27.6 Å². The minimum atomic E-state index is 1.06. The summed E-state index contributed by atoms with van der Waals surface area (Å²) in [5.74, 6) is 0. The largest absolute Gasteiger partial charge is 0.250 e. The van der Waals surface area contributed by atoms with Gasteiger partial charge in [-0.2, -0.15) is 0 Å². The van der Waals surface area contributed by atoms with E-state index < -0.39 is 0 Å². The molecular formula is C7H8IN. The quantitative estimate of drug-likeness (QED) is 0.535. The van der Waals surface area contributed by atoms with Crippen LogP contribution in [-0.2, 0) is 6.42 Å². The SMILES string of the molecule is CCc1ccc(I)nc1. The summed E-state index contributed by atoms with van der Waals surface area (Å²) in [6, 6.07) is 4.13. The molecule has 0 N–H and O–H groups in total. The molecule has 1 nitrogen and oxygen atoms in total. The summed E-state index contributed by atoms with van der Waals surface area (Å²) in [5.41, 5.74) is 1.30. The van der Waals surface area contributed by atoms with Crippen LogP contribution in [0, 0.1) is 3.70 Å². The van der Waals surface area contributed by atoms with E-state index in [1.54, 1.807) is 0 Å². The van der Waals surface area contributed by atoms with E-state index in [-0.39, 0.29) is 0 Å². The summed E-state index contributed by atoms with van der Waals surface area (Å²) in [5, 5.41) is 0. The Bertz CT molecular complexity index is 181. The van der Waals surface area contributed by atoms with Crippen molar-refractivity contribution in [1.29, 1.82) is 0 Å². The van der Waals surface area contributed by atoms with Crippen molar-refractivity contribution in [1.82, 2.24) is 4.98 Å². The first-order chi connectivity index (χ1) is 4.33. The second kappa shape index (κ2) is 3.15. The Morgan fingerprint density at radius 2 is 2.33 bits per heavy atom. The van der Waals surface area contributed by atoms with Gasteiger partial charge in [0.05, 0.1) is 0 Å². The van der Waals surface area contributed by atoms with E-state index in [2.05, 4.69) is 40.6 Å². The first-order valence-electron chi connectivity index (χ1n) is 2.93. The third-order valence-corrected chi connectivity index (χ3v) is 1.84. The summed E-state index contributed by atoms with van der Waals surface area (Å²) >= 11 is 2.20. The molecule has 0 aliphatic rings. The van der Waals surface area contributed by atoms with E-state index in [1.807, 2.05) is 12.3 Å². The molecule has 0 amide bonds. The summed E-state index contributed by atoms with van der Waals surface area (Å²) < 4.78 is 1.06. The van der Waals surface area contributed by atoms with E-state index in [0.29, 0.717) is 0 Å². The van der Waals surface area contributed by atoms with Crippen molar-refractivity contribution in [2.24, 2.45) is 0 Å². The molecule has 1 aromatic rings. The van der Waals surface area contributed by atoms with E-state index in [4.69, 9.17) is 0 Å². The van der Waals surface area contributed by atoms with Gasteiger partial charge in [-0.15, -0.1) is 0 Å². The lowest BCUT2D eigenvalue weighted by Gasteiger charge is -1.92. The minimum absolute atomic E-state index is 1.06. The maximum Gasteiger partial charge on any atom is 0.101 e. The monoisotopic (exact) mass is 233 g/mol. The maximum atomic E-state index is 4.14. The highest BCUT2D eigenvalue weighted by Gasteiger charge is 1.87. The number of hydrogen-bond donors (Lipinski definition) is 0.